The van der Waals surface area contributed by atoms with Crippen LogP contribution >= 0.6 is 11.8 Å². The molecule has 0 bridgehead atoms. The Morgan fingerprint density at radius 2 is 2.15 bits per heavy atom. The molecule has 7 heteroatoms. The number of carbonyl (C=O) groups excluding carboxylic acids is 1. The number of rotatable bonds is 3. The summed E-state index contributed by atoms with van der Waals surface area (Å²) in [5.74, 6) is 2.07. The Hall–Kier alpha value is -1.47. The third kappa shape index (κ3) is 2.31. The largest absolute Gasteiger partial charge is 0.439 e. The minimum Gasteiger partial charge on any atom is -0.439 e. The highest BCUT2D eigenvalue weighted by molar-refractivity contribution is 7.99. The molecule has 0 spiro atoms. The number of anilines is 1. The summed E-state index contributed by atoms with van der Waals surface area (Å²) in [6.07, 6.45) is -1.91. The minimum absolute atomic E-state index is 0.0433. The highest BCUT2D eigenvalue weighted by Gasteiger charge is 2.43. The van der Waals surface area contributed by atoms with Crippen LogP contribution in [0.3, 0.4) is 0 Å². The van der Waals surface area contributed by atoms with Gasteiger partial charge in [0, 0.05) is 18.0 Å². The topological polar surface area (TPSA) is 53.0 Å². The van der Waals surface area contributed by atoms with E-state index in [0.717, 1.165) is 23.9 Å². The molecule has 2 unspecified atom stereocenters. The van der Waals surface area contributed by atoms with Crippen molar-refractivity contribution in [1.82, 2.24) is 5.12 Å². The number of nitrogens with zero attached hydrogens (tertiary/aromatic N) is 2. The summed E-state index contributed by atoms with van der Waals surface area (Å²) in [6, 6.07) is 6.49. The Bertz CT molecular complexity index is 493. The van der Waals surface area contributed by atoms with Crippen molar-refractivity contribution in [3.63, 3.8) is 0 Å². The van der Waals surface area contributed by atoms with E-state index in [-0.39, 0.29) is 5.12 Å². The SMILES string of the molecule is O=C1OC(CO)C(c2ccc(N3CCSC3)cc2)N1F. The lowest BCUT2D eigenvalue weighted by Gasteiger charge is -2.20. The third-order valence-corrected chi connectivity index (χ3v) is 4.52. The quantitative estimate of drug-likeness (QED) is 0.864. The van der Waals surface area contributed by atoms with Crippen molar-refractivity contribution in [1.29, 1.82) is 0 Å². The summed E-state index contributed by atoms with van der Waals surface area (Å²) in [7, 11) is 0. The molecule has 2 heterocycles. The summed E-state index contributed by atoms with van der Waals surface area (Å²) >= 11 is 1.87. The van der Waals surface area contributed by atoms with E-state index in [1.54, 1.807) is 12.1 Å². The fourth-order valence-electron chi connectivity index (χ4n) is 2.49. The van der Waals surface area contributed by atoms with E-state index in [4.69, 9.17) is 4.74 Å². The molecule has 1 aromatic rings. The van der Waals surface area contributed by atoms with E-state index >= 15 is 0 Å². The van der Waals surface area contributed by atoms with Crippen molar-refractivity contribution in [2.45, 2.75) is 12.1 Å². The van der Waals surface area contributed by atoms with Gasteiger partial charge in [-0.25, -0.2) is 4.79 Å². The normalized spacial score (nSPS) is 26.2. The predicted molar refractivity (Wildman–Crippen MR) is 74.2 cm³/mol. The zero-order valence-corrected chi connectivity index (χ0v) is 11.6. The van der Waals surface area contributed by atoms with Crippen molar-refractivity contribution in [2.24, 2.45) is 0 Å². The van der Waals surface area contributed by atoms with Crippen LogP contribution in [0.15, 0.2) is 24.3 Å². The Morgan fingerprint density at radius 1 is 1.40 bits per heavy atom. The Labute approximate surface area is 120 Å². The van der Waals surface area contributed by atoms with Crippen LogP contribution in [0.1, 0.15) is 11.6 Å². The average Bonchev–Trinajstić information content (AvgIpc) is 3.09. The first kappa shape index (κ1) is 13.5. The van der Waals surface area contributed by atoms with Gasteiger partial charge in [-0.2, -0.15) is 0 Å². The molecule has 0 aromatic heterocycles. The van der Waals surface area contributed by atoms with Crippen molar-refractivity contribution in [2.75, 3.05) is 29.7 Å². The summed E-state index contributed by atoms with van der Waals surface area (Å²) in [5.41, 5.74) is 1.70. The van der Waals surface area contributed by atoms with Gasteiger partial charge < -0.3 is 14.7 Å². The van der Waals surface area contributed by atoms with Gasteiger partial charge in [0.25, 0.3) is 0 Å². The monoisotopic (exact) mass is 298 g/mol. The maximum atomic E-state index is 13.7. The molecule has 20 heavy (non-hydrogen) atoms. The van der Waals surface area contributed by atoms with Crippen LogP contribution in [0, 0.1) is 0 Å². The number of aliphatic hydroxyl groups is 1. The van der Waals surface area contributed by atoms with E-state index in [9.17, 15) is 14.4 Å². The van der Waals surface area contributed by atoms with Crippen LogP contribution in [0.5, 0.6) is 0 Å². The van der Waals surface area contributed by atoms with Crippen LogP contribution in [-0.2, 0) is 4.74 Å². The maximum Gasteiger partial charge on any atom is 0.439 e. The summed E-state index contributed by atoms with van der Waals surface area (Å²) in [5, 5.41) is 9.22. The van der Waals surface area contributed by atoms with E-state index in [1.807, 2.05) is 23.9 Å². The lowest BCUT2D eigenvalue weighted by molar-refractivity contribution is 0.0388. The molecule has 1 aromatic carbocycles. The molecule has 2 aliphatic heterocycles. The molecule has 5 nitrogen and oxygen atoms in total. The Morgan fingerprint density at radius 3 is 2.75 bits per heavy atom. The number of halogens is 1. The number of hydrogen-bond donors (Lipinski definition) is 1. The summed E-state index contributed by atoms with van der Waals surface area (Å²) in [6.45, 7) is 0.602. The molecule has 2 saturated heterocycles. The zero-order chi connectivity index (χ0) is 14.1. The number of aliphatic hydroxyl groups excluding tert-OH is 1. The molecule has 1 N–H and O–H groups in total. The summed E-state index contributed by atoms with van der Waals surface area (Å²) < 4.78 is 18.5. The van der Waals surface area contributed by atoms with Crippen LogP contribution in [0.4, 0.5) is 15.0 Å². The average molecular weight is 298 g/mol. The van der Waals surface area contributed by atoms with Gasteiger partial charge >= 0.3 is 6.09 Å². The Kier molecular flexibility index (Phi) is 3.71. The van der Waals surface area contributed by atoms with Gasteiger partial charge in [0.15, 0.2) is 6.10 Å². The van der Waals surface area contributed by atoms with E-state index in [1.165, 1.54) is 0 Å². The molecule has 3 rings (SSSR count). The van der Waals surface area contributed by atoms with Gasteiger partial charge in [0.2, 0.25) is 0 Å². The minimum atomic E-state index is -1.05. The fraction of sp³-hybridized carbons (Fsp3) is 0.462. The van der Waals surface area contributed by atoms with Crippen molar-refractivity contribution in [3.8, 4) is 0 Å². The predicted octanol–water partition coefficient (Wildman–Crippen LogP) is 1.94. The maximum absolute atomic E-state index is 13.7. The van der Waals surface area contributed by atoms with E-state index in [2.05, 4.69) is 4.90 Å². The first-order valence-electron chi connectivity index (χ1n) is 6.40. The summed E-state index contributed by atoms with van der Waals surface area (Å²) in [4.78, 5) is 13.4. The van der Waals surface area contributed by atoms with Gasteiger partial charge in [-0.15, -0.1) is 16.9 Å². The van der Waals surface area contributed by atoms with Crippen molar-refractivity contribution >= 4 is 23.5 Å². The van der Waals surface area contributed by atoms with Gasteiger partial charge in [-0.3, -0.25) is 0 Å². The number of hydrogen-bond acceptors (Lipinski definition) is 5. The number of cyclic esters (lactones) is 1. The molecule has 108 valence electrons. The second-order valence-electron chi connectivity index (χ2n) is 4.75. The number of amides is 1. The molecular weight excluding hydrogens is 283 g/mol. The van der Waals surface area contributed by atoms with Crippen molar-refractivity contribution < 1.29 is 19.1 Å². The van der Waals surface area contributed by atoms with Gasteiger partial charge in [-0.1, -0.05) is 16.6 Å². The first-order chi connectivity index (χ1) is 9.70. The standard InChI is InChI=1S/C13H15FN2O3S/c14-16-12(11(7-17)19-13(16)18)9-1-3-10(4-2-9)15-5-6-20-8-15/h1-4,11-12,17H,5-8H2. The number of thioether (sulfide) groups is 1. The van der Waals surface area contributed by atoms with Gasteiger partial charge in [0.05, 0.1) is 12.5 Å². The molecule has 2 fully saturated rings. The van der Waals surface area contributed by atoms with Crippen LogP contribution < -0.4 is 4.90 Å². The zero-order valence-electron chi connectivity index (χ0n) is 10.7. The number of benzene rings is 1. The Balaban J connectivity index is 1.81. The van der Waals surface area contributed by atoms with Crippen molar-refractivity contribution in [3.05, 3.63) is 29.8 Å². The lowest BCUT2D eigenvalue weighted by Crippen LogP contribution is -2.25. The second kappa shape index (κ2) is 5.49. The first-order valence-corrected chi connectivity index (χ1v) is 7.55. The van der Waals surface area contributed by atoms with Gasteiger partial charge in [0.1, 0.15) is 6.04 Å². The highest BCUT2D eigenvalue weighted by atomic mass is 32.2. The van der Waals surface area contributed by atoms with Crippen LogP contribution in [0.2, 0.25) is 0 Å². The van der Waals surface area contributed by atoms with E-state index in [0.29, 0.717) is 5.56 Å². The smallest absolute Gasteiger partial charge is 0.439 e. The van der Waals surface area contributed by atoms with Crippen LogP contribution in [-0.4, -0.2) is 47.2 Å². The molecule has 1 amide bonds. The van der Waals surface area contributed by atoms with Gasteiger partial charge in [-0.05, 0) is 17.7 Å². The molecule has 0 saturated carbocycles. The number of ether oxygens (including phenoxy) is 1. The second-order valence-corrected chi connectivity index (χ2v) is 5.83. The third-order valence-electron chi connectivity index (χ3n) is 3.56. The lowest BCUT2D eigenvalue weighted by atomic mass is 10.0. The molecule has 0 aliphatic carbocycles. The molecule has 2 atom stereocenters. The van der Waals surface area contributed by atoms with E-state index < -0.39 is 24.8 Å². The molecule has 2 aliphatic rings. The van der Waals surface area contributed by atoms with Crippen LogP contribution in [0.25, 0.3) is 0 Å². The molecule has 0 radical (unpaired) electrons. The molecular formula is C13H15FN2O3S. The highest BCUT2D eigenvalue weighted by Crippen LogP contribution is 2.34. The fourth-order valence-corrected chi connectivity index (χ4v) is 3.46. The number of carbonyl (C=O) groups is 1.